The lowest BCUT2D eigenvalue weighted by Crippen LogP contribution is -2.55. The van der Waals surface area contributed by atoms with Crippen molar-refractivity contribution in [1.29, 1.82) is 0 Å². The Morgan fingerprint density at radius 2 is 1.47 bits per heavy atom. The molecule has 2 aliphatic rings. The number of aliphatic hydroxyl groups excluding tert-OH is 1. The van der Waals surface area contributed by atoms with Gasteiger partial charge in [0.15, 0.2) is 17.2 Å². The minimum absolute atomic E-state index is 0.00143. The van der Waals surface area contributed by atoms with Crippen LogP contribution in [-0.2, 0) is 30.5 Å². The standard InChI is InChI=1S/C49H50BrCl2N5O13/c1-49(2,3)70-48(64)57-38-26-17-32(50)42(59)36(20-26)69-43-33(51)18-27(19-34(43)52)41(58)40(47(63)54-37(44(60)53-4)25-15-29(66-6)21-30(16-25)67-7)56-46(62)39(55-45(38)61)31-14-13-28(65-5)22-35(31)68-23-24-11-9-8-10-12-24/h8-22,37-41,58-59H,23H2,1-7H3,(H,53,60)(H,54,63)(H,55,61)(H,56,62)(H,57,64)/t37-,38+,39+,40-,41+/m0/s1. The summed E-state index contributed by atoms with van der Waals surface area (Å²) in [5.41, 5.74) is -0.210. The molecule has 0 aliphatic carbocycles. The van der Waals surface area contributed by atoms with Gasteiger partial charge in [-0.25, -0.2) is 4.79 Å². The van der Waals surface area contributed by atoms with E-state index < -0.39 is 71.3 Å². The van der Waals surface area contributed by atoms with Gasteiger partial charge in [0.25, 0.3) is 0 Å². The fourth-order valence-corrected chi connectivity index (χ4v) is 8.20. The molecule has 5 aromatic carbocycles. The second kappa shape index (κ2) is 22.7. The van der Waals surface area contributed by atoms with Gasteiger partial charge in [0.2, 0.25) is 23.6 Å². The molecule has 0 saturated carbocycles. The average molecular weight is 1070 g/mol. The smallest absolute Gasteiger partial charge is 0.408 e. The number of phenolic OH excluding ortho intramolecular Hbond substituents is 1. The zero-order chi connectivity index (χ0) is 51.0. The van der Waals surface area contributed by atoms with Gasteiger partial charge in [0.1, 0.15) is 65.5 Å². The van der Waals surface area contributed by atoms with Crippen molar-refractivity contribution in [1.82, 2.24) is 26.6 Å². The molecule has 0 fully saturated rings. The number of alkyl carbamates (subject to hydrolysis) is 1. The lowest BCUT2D eigenvalue weighted by molar-refractivity contribution is -0.136. The number of hydrogen-bond acceptors (Lipinski definition) is 13. The summed E-state index contributed by atoms with van der Waals surface area (Å²) >= 11 is 16.8. The second-order valence-electron chi connectivity index (χ2n) is 16.6. The van der Waals surface area contributed by atoms with Crippen molar-refractivity contribution in [2.45, 2.75) is 63.3 Å². The number of ether oxygens (including phenoxy) is 6. The molecular formula is C49H50BrCl2N5O13. The van der Waals surface area contributed by atoms with Crippen LogP contribution in [0.5, 0.6) is 40.2 Å². The summed E-state index contributed by atoms with van der Waals surface area (Å²) in [4.78, 5) is 72.2. The molecule has 0 spiro atoms. The van der Waals surface area contributed by atoms with Gasteiger partial charge in [-0.15, -0.1) is 0 Å². The fourth-order valence-electron chi connectivity index (χ4n) is 7.16. The fraction of sp³-hybridized carbons (Fsp3) is 0.286. The number of carbonyl (C=O) groups excluding carboxylic acids is 5. The van der Waals surface area contributed by atoms with Crippen LogP contribution in [-0.4, -0.2) is 80.0 Å². The molecule has 2 aliphatic heterocycles. The number of halogens is 3. The molecule has 0 radical (unpaired) electrons. The van der Waals surface area contributed by atoms with E-state index in [4.69, 9.17) is 51.6 Å². The van der Waals surface area contributed by atoms with Crippen LogP contribution in [0.15, 0.2) is 95.5 Å². The highest BCUT2D eigenvalue weighted by Gasteiger charge is 2.39. The molecule has 0 saturated heterocycles. The average Bonchev–Trinajstić information content (AvgIpc) is 3.33. The molecule has 7 N–H and O–H groups in total. The van der Waals surface area contributed by atoms with E-state index in [0.29, 0.717) is 5.75 Å². The molecule has 0 unspecified atom stereocenters. The van der Waals surface area contributed by atoms with Gasteiger partial charge in [-0.05, 0) is 107 Å². The largest absolute Gasteiger partial charge is 0.503 e. The first-order valence-electron chi connectivity index (χ1n) is 21.3. The molecule has 70 heavy (non-hydrogen) atoms. The SMILES string of the molecule is CNC(=O)[C@@H](NC(=O)[C@H]1NC(=O)[C@@H](c2ccc(OC)cc2OCc2ccccc2)NC(=O)[C@H](NC(=O)OC(C)(C)C)c2cc(Br)c(O)c(c2)Oc2c(Cl)cc(cc2Cl)[C@H]1O)c1cc(OC)cc(OC)c1. The normalized spacial score (nSPS) is 17.4. The Morgan fingerprint density at radius 1 is 0.829 bits per heavy atom. The maximum Gasteiger partial charge on any atom is 0.408 e. The van der Waals surface area contributed by atoms with E-state index in [1.165, 1.54) is 83.0 Å². The summed E-state index contributed by atoms with van der Waals surface area (Å²) < 4.78 is 34.2. The highest BCUT2D eigenvalue weighted by Crippen LogP contribution is 2.45. The number of carbonyl (C=O) groups is 5. The lowest BCUT2D eigenvalue weighted by atomic mass is 9.97. The summed E-state index contributed by atoms with van der Waals surface area (Å²) in [6.45, 7) is 4.81. The lowest BCUT2D eigenvalue weighted by Gasteiger charge is -2.30. The van der Waals surface area contributed by atoms with E-state index in [-0.39, 0.29) is 72.1 Å². The Balaban J connectivity index is 1.57. The van der Waals surface area contributed by atoms with E-state index in [0.717, 1.165) is 5.56 Å². The number of benzene rings is 5. The van der Waals surface area contributed by atoms with E-state index in [1.807, 2.05) is 18.2 Å². The molecule has 2 heterocycles. The van der Waals surface area contributed by atoms with Gasteiger partial charge in [-0.2, -0.15) is 0 Å². The van der Waals surface area contributed by atoms with Crippen molar-refractivity contribution >= 4 is 68.9 Å². The Bertz CT molecular complexity index is 2730. The molecule has 0 aromatic heterocycles. The Hall–Kier alpha value is -6.93. The number of nitrogens with one attached hydrogen (secondary N) is 5. The molecule has 5 atom stereocenters. The summed E-state index contributed by atoms with van der Waals surface area (Å²) in [6.07, 6.45) is -3.05. The number of rotatable bonds is 12. The highest BCUT2D eigenvalue weighted by molar-refractivity contribution is 9.10. The Morgan fingerprint density at radius 3 is 2.07 bits per heavy atom. The first-order valence-corrected chi connectivity index (χ1v) is 22.9. The molecule has 5 amide bonds. The summed E-state index contributed by atoms with van der Waals surface area (Å²) in [7, 11) is 5.55. The number of aliphatic hydroxyl groups is 1. The Labute approximate surface area is 421 Å². The number of fused-ring (bicyclic) bond motifs is 9. The van der Waals surface area contributed by atoms with Crippen LogP contribution in [0.4, 0.5) is 4.79 Å². The van der Waals surface area contributed by atoms with Crippen LogP contribution < -0.4 is 50.3 Å². The highest BCUT2D eigenvalue weighted by atomic mass is 79.9. The zero-order valence-electron chi connectivity index (χ0n) is 38.8. The van der Waals surface area contributed by atoms with E-state index in [9.17, 15) is 29.4 Å². The van der Waals surface area contributed by atoms with E-state index >= 15 is 4.79 Å². The predicted octanol–water partition coefficient (Wildman–Crippen LogP) is 7.42. The number of phenols is 1. The topological polar surface area (TPSA) is 241 Å². The summed E-state index contributed by atoms with van der Waals surface area (Å²) in [5, 5.41) is 36.0. The van der Waals surface area contributed by atoms with Gasteiger partial charge < -0.3 is 65.2 Å². The third kappa shape index (κ3) is 12.6. The van der Waals surface area contributed by atoms with Crippen LogP contribution in [0.25, 0.3) is 0 Å². The maximum absolute atomic E-state index is 15.2. The van der Waals surface area contributed by atoms with Gasteiger partial charge in [-0.1, -0.05) is 53.5 Å². The van der Waals surface area contributed by atoms with E-state index in [1.54, 1.807) is 39.0 Å². The third-order valence-corrected chi connectivity index (χ3v) is 11.8. The molecule has 7 rings (SSSR count). The van der Waals surface area contributed by atoms with Crippen molar-refractivity contribution in [2.75, 3.05) is 28.4 Å². The molecule has 21 heteroatoms. The minimum atomic E-state index is -2.01. The number of methoxy groups -OCH3 is 3. The molecule has 370 valence electrons. The van der Waals surface area contributed by atoms with Crippen LogP contribution in [0.1, 0.15) is 72.8 Å². The number of hydrogen-bond donors (Lipinski definition) is 7. The van der Waals surface area contributed by atoms with Crippen LogP contribution >= 0.6 is 39.1 Å². The third-order valence-electron chi connectivity index (χ3n) is 10.6. The van der Waals surface area contributed by atoms with Gasteiger partial charge in [-0.3, -0.25) is 19.2 Å². The van der Waals surface area contributed by atoms with Crippen molar-refractivity contribution in [3.63, 3.8) is 0 Å². The van der Waals surface area contributed by atoms with Gasteiger partial charge in [0.05, 0.1) is 35.8 Å². The molecule has 4 bridgehead atoms. The van der Waals surface area contributed by atoms with Crippen molar-refractivity contribution in [3.8, 4) is 40.2 Å². The molecule has 18 nitrogen and oxygen atoms in total. The summed E-state index contributed by atoms with van der Waals surface area (Å²) in [6, 6.07) is 16.0. The second-order valence-corrected chi connectivity index (χ2v) is 18.3. The minimum Gasteiger partial charge on any atom is -0.503 e. The van der Waals surface area contributed by atoms with Crippen LogP contribution in [0.3, 0.4) is 0 Å². The predicted molar refractivity (Wildman–Crippen MR) is 260 cm³/mol. The zero-order valence-corrected chi connectivity index (χ0v) is 41.9. The van der Waals surface area contributed by atoms with Crippen LogP contribution in [0.2, 0.25) is 10.0 Å². The Kier molecular flexibility index (Phi) is 17.0. The molecule has 5 aromatic rings. The van der Waals surface area contributed by atoms with E-state index in [2.05, 4.69) is 42.5 Å². The van der Waals surface area contributed by atoms with Gasteiger partial charge >= 0.3 is 6.09 Å². The maximum atomic E-state index is 15.2. The van der Waals surface area contributed by atoms with Crippen molar-refractivity contribution in [2.24, 2.45) is 0 Å². The van der Waals surface area contributed by atoms with Gasteiger partial charge in [0, 0.05) is 24.7 Å². The van der Waals surface area contributed by atoms with Crippen molar-refractivity contribution < 1.29 is 62.6 Å². The van der Waals surface area contributed by atoms with Crippen LogP contribution in [0, 0.1) is 0 Å². The number of amides is 5. The first kappa shape index (κ1) is 52.4. The first-order chi connectivity index (χ1) is 33.2. The van der Waals surface area contributed by atoms with Crippen molar-refractivity contribution in [3.05, 3.63) is 133 Å². The monoisotopic (exact) mass is 1070 g/mol. The number of likely N-dealkylation sites (N-methyl/N-ethyl adjacent to an activating group) is 1. The summed E-state index contributed by atoms with van der Waals surface area (Å²) in [5.74, 6) is -4.06. The quantitative estimate of drug-likeness (QED) is 0.0645. The molecular weight excluding hydrogens is 1020 g/mol. The number of aromatic hydroxyl groups is 1.